The van der Waals surface area contributed by atoms with E-state index >= 15 is 0 Å². The zero-order valence-electron chi connectivity index (χ0n) is 13.4. The smallest absolute Gasteiger partial charge is 0.255 e. The van der Waals surface area contributed by atoms with Crippen molar-refractivity contribution in [3.05, 3.63) is 40.1 Å². The lowest BCUT2D eigenvalue weighted by Gasteiger charge is -2.16. The van der Waals surface area contributed by atoms with Crippen LogP contribution in [0.25, 0.3) is 0 Å². The van der Waals surface area contributed by atoms with Crippen molar-refractivity contribution in [3.8, 4) is 11.5 Å². The van der Waals surface area contributed by atoms with Gasteiger partial charge in [0.25, 0.3) is 5.91 Å². The number of methoxy groups -OCH3 is 1. The number of carbonyl (C=O) groups excluding carboxylic acids is 1. The molecule has 0 bridgehead atoms. The number of carbonyl (C=O) groups is 1. The fraction of sp³-hybridized carbons (Fsp3) is 0.389. The maximum absolute atomic E-state index is 12.5. The second-order valence-corrected chi connectivity index (χ2v) is 6.85. The highest BCUT2D eigenvalue weighted by atomic mass is 32.1. The lowest BCUT2D eigenvalue weighted by atomic mass is 10.1. The van der Waals surface area contributed by atoms with Crippen LogP contribution in [-0.2, 0) is 0 Å². The molecule has 1 heterocycles. The van der Waals surface area contributed by atoms with E-state index in [4.69, 9.17) is 9.47 Å². The third kappa shape index (κ3) is 3.67. The molecule has 0 atom stereocenters. The van der Waals surface area contributed by atoms with Gasteiger partial charge in [-0.05, 0) is 62.3 Å². The molecule has 1 saturated carbocycles. The van der Waals surface area contributed by atoms with Crippen LogP contribution < -0.4 is 14.8 Å². The average molecular weight is 331 g/mol. The quantitative estimate of drug-likeness (QED) is 0.868. The summed E-state index contributed by atoms with van der Waals surface area (Å²) in [6.07, 6.45) is 4.75. The lowest BCUT2D eigenvalue weighted by molar-refractivity contribution is 0.102. The number of amides is 1. The zero-order valence-corrected chi connectivity index (χ0v) is 14.2. The largest absolute Gasteiger partial charge is 0.493 e. The van der Waals surface area contributed by atoms with Crippen LogP contribution in [0.2, 0.25) is 0 Å². The van der Waals surface area contributed by atoms with Crippen molar-refractivity contribution in [2.24, 2.45) is 0 Å². The molecule has 1 aromatic heterocycles. The molecule has 0 aliphatic heterocycles. The Labute approximate surface area is 140 Å². The van der Waals surface area contributed by atoms with Gasteiger partial charge in [-0.3, -0.25) is 4.79 Å². The third-order valence-corrected chi connectivity index (χ3v) is 4.97. The van der Waals surface area contributed by atoms with E-state index in [1.165, 1.54) is 12.8 Å². The number of benzene rings is 1. The van der Waals surface area contributed by atoms with Gasteiger partial charge >= 0.3 is 0 Å². The Hall–Kier alpha value is -2.01. The summed E-state index contributed by atoms with van der Waals surface area (Å²) in [6, 6.07) is 7.24. The van der Waals surface area contributed by atoms with Gasteiger partial charge in [0, 0.05) is 10.4 Å². The first-order valence-corrected chi connectivity index (χ1v) is 8.75. The fourth-order valence-electron chi connectivity index (χ4n) is 2.80. The average Bonchev–Trinajstić information content (AvgIpc) is 3.20. The molecule has 0 radical (unpaired) electrons. The highest BCUT2D eigenvalue weighted by molar-refractivity contribution is 7.10. The van der Waals surface area contributed by atoms with Crippen LogP contribution in [0.1, 0.15) is 40.9 Å². The molecule has 0 unspecified atom stereocenters. The lowest BCUT2D eigenvalue weighted by Crippen LogP contribution is -2.14. The summed E-state index contributed by atoms with van der Waals surface area (Å²) in [5.74, 6) is 1.18. The summed E-state index contributed by atoms with van der Waals surface area (Å²) in [5, 5.41) is 4.91. The molecule has 5 heteroatoms. The molecular formula is C18H21NO3S. The molecule has 0 saturated heterocycles. The van der Waals surface area contributed by atoms with E-state index in [1.807, 2.05) is 18.4 Å². The summed E-state index contributed by atoms with van der Waals surface area (Å²) >= 11 is 1.61. The Morgan fingerprint density at radius 1 is 1.22 bits per heavy atom. The number of anilines is 1. The summed E-state index contributed by atoms with van der Waals surface area (Å²) in [4.78, 5) is 13.5. The van der Waals surface area contributed by atoms with Crippen molar-refractivity contribution in [1.82, 2.24) is 0 Å². The first-order valence-electron chi connectivity index (χ1n) is 7.87. The Bertz CT molecular complexity index is 689. The van der Waals surface area contributed by atoms with E-state index in [-0.39, 0.29) is 12.0 Å². The summed E-state index contributed by atoms with van der Waals surface area (Å²) in [5.41, 5.74) is 1.43. The predicted octanol–water partition coefficient (Wildman–Crippen LogP) is 4.64. The molecule has 0 spiro atoms. The molecule has 122 valence electrons. The maximum Gasteiger partial charge on any atom is 0.255 e. The molecule has 2 aromatic rings. The summed E-state index contributed by atoms with van der Waals surface area (Å²) < 4.78 is 11.4. The standard InChI is InChI=1S/C18H21NO3S/c1-12-15(9-10-23-12)19-18(20)13-7-8-16(21-2)17(11-13)22-14-5-3-4-6-14/h7-11,14H,3-6H2,1-2H3,(H,19,20). The highest BCUT2D eigenvalue weighted by Crippen LogP contribution is 2.33. The molecule has 1 aliphatic carbocycles. The van der Waals surface area contributed by atoms with Crippen LogP contribution in [0.4, 0.5) is 5.69 Å². The van der Waals surface area contributed by atoms with Gasteiger partial charge in [-0.1, -0.05) is 0 Å². The van der Waals surface area contributed by atoms with E-state index < -0.39 is 0 Å². The first-order chi connectivity index (χ1) is 11.2. The van der Waals surface area contributed by atoms with Gasteiger partial charge < -0.3 is 14.8 Å². The number of thiophene rings is 1. The predicted molar refractivity (Wildman–Crippen MR) is 92.9 cm³/mol. The summed E-state index contributed by atoms with van der Waals surface area (Å²) in [7, 11) is 1.62. The second kappa shape index (κ2) is 7.04. The van der Waals surface area contributed by atoms with E-state index in [0.29, 0.717) is 17.1 Å². The van der Waals surface area contributed by atoms with Crippen molar-refractivity contribution in [1.29, 1.82) is 0 Å². The minimum Gasteiger partial charge on any atom is -0.493 e. The van der Waals surface area contributed by atoms with Gasteiger partial charge in [-0.15, -0.1) is 11.3 Å². The minimum atomic E-state index is -0.134. The van der Waals surface area contributed by atoms with Crippen LogP contribution in [0.3, 0.4) is 0 Å². The van der Waals surface area contributed by atoms with Crippen LogP contribution in [0.15, 0.2) is 29.6 Å². The molecule has 1 aliphatic rings. The number of nitrogens with one attached hydrogen (secondary N) is 1. The zero-order chi connectivity index (χ0) is 16.2. The molecule has 3 rings (SSSR count). The Kier molecular flexibility index (Phi) is 4.86. The Balaban J connectivity index is 1.79. The van der Waals surface area contributed by atoms with Gasteiger partial charge in [0.15, 0.2) is 11.5 Å². The second-order valence-electron chi connectivity index (χ2n) is 5.73. The van der Waals surface area contributed by atoms with Crippen LogP contribution in [0, 0.1) is 6.92 Å². The van der Waals surface area contributed by atoms with Crippen molar-refractivity contribution in [2.45, 2.75) is 38.7 Å². The van der Waals surface area contributed by atoms with Gasteiger partial charge in [0.1, 0.15) is 0 Å². The highest BCUT2D eigenvalue weighted by Gasteiger charge is 2.19. The molecule has 23 heavy (non-hydrogen) atoms. The first kappa shape index (κ1) is 15.9. The topological polar surface area (TPSA) is 47.6 Å². The summed E-state index contributed by atoms with van der Waals surface area (Å²) in [6.45, 7) is 1.99. The normalized spacial score (nSPS) is 14.7. The molecule has 1 amide bonds. The van der Waals surface area contributed by atoms with E-state index in [2.05, 4.69) is 5.32 Å². The number of hydrogen-bond donors (Lipinski definition) is 1. The van der Waals surface area contributed by atoms with Gasteiger partial charge in [0.2, 0.25) is 0 Å². The SMILES string of the molecule is COc1ccc(C(=O)Nc2ccsc2C)cc1OC1CCCC1. The Morgan fingerprint density at radius 3 is 2.65 bits per heavy atom. The Morgan fingerprint density at radius 2 is 2.00 bits per heavy atom. The van der Waals surface area contributed by atoms with Crippen molar-refractivity contribution in [2.75, 3.05) is 12.4 Å². The van der Waals surface area contributed by atoms with E-state index in [9.17, 15) is 4.79 Å². The number of rotatable bonds is 5. The number of hydrogen-bond acceptors (Lipinski definition) is 4. The molecular weight excluding hydrogens is 310 g/mol. The van der Waals surface area contributed by atoms with Crippen LogP contribution in [0.5, 0.6) is 11.5 Å². The van der Waals surface area contributed by atoms with Crippen molar-refractivity contribution in [3.63, 3.8) is 0 Å². The number of aryl methyl sites for hydroxylation is 1. The van der Waals surface area contributed by atoms with Gasteiger partial charge in [0.05, 0.1) is 18.9 Å². The fourth-order valence-corrected chi connectivity index (χ4v) is 3.46. The molecule has 4 nitrogen and oxygen atoms in total. The molecule has 1 fully saturated rings. The monoisotopic (exact) mass is 331 g/mol. The minimum absolute atomic E-state index is 0.134. The van der Waals surface area contributed by atoms with Crippen LogP contribution in [-0.4, -0.2) is 19.1 Å². The van der Waals surface area contributed by atoms with Gasteiger partial charge in [-0.25, -0.2) is 0 Å². The third-order valence-electron chi connectivity index (χ3n) is 4.13. The van der Waals surface area contributed by atoms with Crippen LogP contribution >= 0.6 is 11.3 Å². The van der Waals surface area contributed by atoms with E-state index in [0.717, 1.165) is 23.4 Å². The molecule has 1 aromatic carbocycles. The van der Waals surface area contributed by atoms with E-state index in [1.54, 1.807) is 36.6 Å². The maximum atomic E-state index is 12.5. The molecule has 1 N–H and O–H groups in total. The van der Waals surface area contributed by atoms with Crippen molar-refractivity contribution < 1.29 is 14.3 Å². The van der Waals surface area contributed by atoms with Crippen molar-refractivity contribution >= 4 is 22.9 Å². The number of ether oxygens (including phenoxy) is 2. The van der Waals surface area contributed by atoms with Gasteiger partial charge in [-0.2, -0.15) is 0 Å².